The Morgan fingerprint density at radius 2 is 0.858 bits per heavy atom. The minimum Gasteiger partial charge on any atom is -0.508 e. The Bertz CT molecular complexity index is 4470. The van der Waals surface area contributed by atoms with Gasteiger partial charge in [-0.15, -0.1) is 34.8 Å². The van der Waals surface area contributed by atoms with Crippen LogP contribution in [0.15, 0.2) is 232 Å². The second-order valence-corrected chi connectivity index (χ2v) is 26.4. The Morgan fingerprint density at radius 3 is 1.27 bits per heavy atom. The molecule has 0 saturated carbocycles. The molecule has 2 heterocycles. The van der Waals surface area contributed by atoms with E-state index in [4.69, 9.17) is 85.4 Å². The van der Waals surface area contributed by atoms with Crippen LogP contribution < -0.4 is 27.5 Å². The zero-order chi connectivity index (χ0) is 82.3. The Kier molecular flexibility index (Phi) is 52.1. The number of benzene rings is 8. The number of carbonyl (C=O) groups is 5. The molecular formula is C84H98Cl3F3N6O15S2. The van der Waals surface area contributed by atoms with Gasteiger partial charge in [-0.3, -0.25) is 5.43 Å². The van der Waals surface area contributed by atoms with Crippen LogP contribution in [-0.4, -0.2) is 129 Å². The van der Waals surface area contributed by atoms with E-state index in [2.05, 4.69) is 107 Å². The SMILES string of the molecule is C=C(F)C(=O)O.C=C(F)C(=O)OCCCCCCl.C=C(F)C(=O)OCCCCCNc1nc2c(ccc3ccccc32)s1.C=CC(=O)OCCCCl.C=CC(=O)OCCCOc1ccc(-c2ccc(CO)cc2)cc1.N.NNc1nc2c(ccc3ccccc32)s1.OCCCCCCl.OCc1ccc(-c2ccc(O)cc2)cc1. The topological polar surface area (TPSA) is 344 Å². The van der Waals surface area contributed by atoms with Crippen molar-refractivity contribution in [3.8, 4) is 33.8 Å². The first-order chi connectivity index (χ1) is 54.1. The molecule has 10 aromatic rings. The number of aliphatic carboxylic acids is 1. The number of fused-ring (bicyclic) bond motifs is 6. The average Bonchev–Trinajstić information content (AvgIpc) is 1.69. The molecule has 113 heavy (non-hydrogen) atoms. The van der Waals surface area contributed by atoms with E-state index in [-0.39, 0.29) is 44.3 Å². The molecule has 21 nitrogen and oxygen atoms in total. The Balaban J connectivity index is 0.000000456. The van der Waals surface area contributed by atoms with Crippen LogP contribution in [0.4, 0.5) is 23.4 Å². The van der Waals surface area contributed by atoms with Crippen LogP contribution in [0.5, 0.6) is 11.5 Å². The number of hydrogen-bond acceptors (Lipinski definition) is 22. The number of halogens is 6. The summed E-state index contributed by atoms with van der Waals surface area (Å²) in [5.74, 6) is 0.467. The maximum Gasteiger partial charge on any atom is 0.366 e. The number of unbranched alkanes of at least 4 members (excludes halogenated alkanes) is 6. The number of hydrazine groups is 1. The quantitative estimate of drug-likeness (QED) is 0.00344. The normalized spacial score (nSPS) is 9.96. The molecule has 0 aliphatic heterocycles. The summed E-state index contributed by atoms with van der Waals surface area (Å²) in [5, 5.41) is 52.6. The molecule has 2 aromatic heterocycles. The van der Waals surface area contributed by atoms with Crippen LogP contribution in [0.25, 0.3) is 64.2 Å². The molecule has 0 unspecified atom stereocenters. The number of carbonyl (C=O) groups excluding carboxylic acids is 4. The van der Waals surface area contributed by atoms with Crippen LogP contribution in [0.3, 0.4) is 0 Å². The number of nitrogens with zero attached hydrogens (tertiary/aromatic N) is 2. The number of aromatic hydroxyl groups is 1. The van der Waals surface area contributed by atoms with Gasteiger partial charge < -0.3 is 60.7 Å². The number of phenols is 1. The van der Waals surface area contributed by atoms with Gasteiger partial charge in [0, 0.05) is 60.1 Å². The molecule has 10 rings (SSSR count). The van der Waals surface area contributed by atoms with Crippen LogP contribution in [-0.2, 0) is 56.1 Å². The van der Waals surface area contributed by atoms with Crippen molar-refractivity contribution in [3.05, 3.63) is 244 Å². The lowest BCUT2D eigenvalue weighted by molar-refractivity contribution is -0.141. The molecule has 0 bridgehead atoms. The second-order valence-electron chi connectivity index (χ2n) is 23.2. The molecule has 12 N–H and O–H groups in total. The number of esters is 4. The molecule has 0 aliphatic rings. The molecule has 0 saturated heterocycles. The third-order valence-electron chi connectivity index (χ3n) is 14.8. The number of carboxylic acid groups (broad SMARTS) is 1. The standard InChI is InChI=1S/C19H19FN2O2S.C19H20O4.C13H12O2.C11H9N3S.C8H12ClFO2.C6H9ClO2.C5H11ClO.C3H3FO2.H3N/c1-13(20)18(23)24-12-6-2-5-11-21-19-22-17-15-8-4-3-7-14(15)9-10-16(17)25-19;1-2-19(21)23-13-3-12-22-18-10-8-17(9-11-18)16-6-4-15(14-20)5-7-16;14-9-10-1-3-11(4-2-10)12-5-7-13(15)8-6-12;12-14-11-13-10-8-4-2-1-3-7(8)5-6-9(10)15-11;1-7(10)8(11)12-6-4-2-3-5-9;1-2-6(8)9-5-3-4-7;6-4-2-1-3-5-7;1-2(4)3(5)6;/h3-4,7-10H,1-2,5-6,11-12H2,(H,21,22);2,4-11,20H,1,3,12-14H2;1-8,14-15H,9H2;1-6H,12H2,(H,13,14);1-6H2;2H,1,3-5H2;7H,1-5H2;1H2,(H,5,6);1H3. The van der Waals surface area contributed by atoms with Gasteiger partial charge in [0.05, 0.1) is 66.7 Å². The monoisotopic (exact) mass is 1660 g/mol. The number of nitrogens with two attached hydrogens (primary N) is 1. The minimum absolute atomic E-state index is 0. The molecule has 0 fully saturated rings. The fourth-order valence-electron chi connectivity index (χ4n) is 9.07. The number of ether oxygens (including phenoxy) is 5. The zero-order valence-electron chi connectivity index (χ0n) is 62.7. The number of aromatic nitrogens is 2. The predicted octanol–water partition coefficient (Wildman–Crippen LogP) is 19.6. The summed E-state index contributed by atoms with van der Waals surface area (Å²) in [6.07, 6.45) is 11.6. The van der Waals surface area contributed by atoms with E-state index in [0.717, 1.165) is 135 Å². The van der Waals surface area contributed by atoms with Crippen molar-refractivity contribution in [2.75, 3.05) is 74.6 Å². The lowest BCUT2D eigenvalue weighted by Gasteiger charge is -2.08. The smallest absolute Gasteiger partial charge is 0.366 e. The minimum atomic E-state index is -1.60. The highest BCUT2D eigenvalue weighted by atomic mass is 35.5. The number of phenolic OH excluding ortho intramolecular Hbond substituents is 1. The fraction of sp³-hybridized carbons (Fsp3) is 0.274. The number of rotatable bonds is 34. The third-order valence-corrected chi connectivity index (χ3v) is 17.5. The van der Waals surface area contributed by atoms with Gasteiger partial charge in [0.1, 0.15) is 11.5 Å². The van der Waals surface area contributed by atoms with E-state index in [9.17, 15) is 37.1 Å². The van der Waals surface area contributed by atoms with E-state index in [1.165, 1.54) is 26.2 Å². The third kappa shape index (κ3) is 40.7. The number of aliphatic hydroxyl groups excluding tert-OH is 3. The summed E-state index contributed by atoms with van der Waals surface area (Å²) in [6, 6.07) is 55.2. The molecule has 8 aromatic carbocycles. The van der Waals surface area contributed by atoms with Crippen LogP contribution in [0, 0.1) is 0 Å². The van der Waals surface area contributed by atoms with E-state index in [0.29, 0.717) is 63.9 Å². The van der Waals surface area contributed by atoms with Crippen molar-refractivity contribution in [1.82, 2.24) is 16.1 Å². The van der Waals surface area contributed by atoms with E-state index >= 15 is 0 Å². The molecule has 0 aliphatic carbocycles. The number of hydrogen-bond donors (Lipinski definition) is 9. The molecule has 0 spiro atoms. The molecule has 29 heteroatoms. The van der Waals surface area contributed by atoms with Crippen molar-refractivity contribution in [2.45, 2.75) is 83.8 Å². The highest BCUT2D eigenvalue weighted by Gasteiger charge is 2.11. The molecule has 0 radical (unpaired) electrons. The first-order valence-electron chi connectivity index (χ1n) is 35.3. The van der Waals surface area contributed by atoms with Gasteiger partial charge in [0.2, 0.25) is 17.5 Å². The number of thiazole rings is 2. The van der Waals surface area contributed by atoms with Crippen LogP contribution in [0.2, 0.25) is 0 Å². The van der Waals surface area contributed by atoms with Crippen molar-refractivity contribution in [3.63, 3.8) is 0 Å². The van der Waals surface area contributed by atoms with Gasteiger partial charge in [-0.2, -0.15) is 13.2 Å². The first kappa shape index (κ1) is 98.8. The fourth-order valence-corrected chi connectivity index (χ4v) is 11.3. The van der Waals surface area contributed by atoms with E-state index < -0.39 is 41.4 Å². The summed E-state index contributed by atoms with van der Waals surface area (Å²) in [4.78, 5) is 60.9. The second kappa shape index (κ2) is 59.5. The highest BCUT2D eigenvalue weighted by Crippen LogP contribution is 2.33. The summed E-state index contributed by atoms with van der Waals surface area (Å²) < 4.78 is 62.0. The van der Waals surface area contributed by atoms with Crippen molar-refractivity contribution >= 4 is 140 Å². The van der Waals surface area contributed by atoms with Gasteiger partial charge in [-0.05, 0) is 145 Å². The first-order valence-corrected chi connectivity index (χ1v) is 38.5. The number of anilines is 2. The number of carboxylic acids is 1. The van der Waals surface area contributed by atoms with Gasteiger partial charge in [-0.25, -0.2) is 39.8 Å². The molecule has 0 atom stereocenters. The average molecular weight is 1660 g/mol. The van der Waals surface area contributed by atoms with E-state index in [1.807, 2.05) is 109 Å². The number of aliphatic hydroxyl groups is 3. The molecule has 608 valence electrons. The maximum absolute atomic E-state index is 12.4. The zero-order valence-corrected chi connectivity index (χ0v) is 66.6. The summed E-state index contributed by atoms with van der Waals surface area (Å²) in [5.41, 5.74) is 10.7. The van der Waals surface area contributed by atoms with Crippen molar-refractivity contribution in [1.29, 1.82) is 0 Å². The number of nitrogens with one attached hydrogen (secondary N) is 2. The number of nitrogen functional groups attached to an aromatic ring is 1. The molecule has 0 amide bonds. The molecular weight excluding hydrogens is 1560 g/mol. The predicted molar refractivity (Wildman–Crippen MR) is 451 cm³/mol. The summed E-state index contributed by atoms with van der Waals surface area (Å²) >= 11 is 19.3. The Morgan fingerprint density at radius 1 is 0.469 bits per heavy atom. The highest BCUT2D eigenvalue weighted by molar-refractivity contribution is 7.22. The van der Waals surface area contributed by atoms with Gasteiger partial charge in [0.25, 0.3) is 0 Å². The van der Waals surface area contributed by atoms with Crippen molar-refractivity contribution < 1.29 is 86.4 Å². The summed E-state index contributed by atoms with van der Waals surface area (Å²) in [7, 11) is 0. The maximum atomic E-state index is 12.4. The lowest BCUT2D eigenvalue weighted by atomic mass is 10.0. The van der Waals surface area contributed by atoms with Gasteiger partial charge in [-0.1, -0.05) is 189 Å². The van der Waals surface area contributed by atoms with Crippen molar-refractivity contribution in [2.24, 2.45) is 5.84 Å². The van der Waals surface area contributed by atoms with Gasteiger partial charge in [0.15, 0.2) is 10.3 Å². The Labute approximate surface area is 679 Å². The largest absolute Gasteiger partial charge is 0.508 e. The van der Waals surface area contributed by atoms with Crippen LogP contribution >= 0.6 is 57.5 Å². The van der Waals surface area contributed by atoms with E-state index in [1.54, 1.807) is 34.8 Å². The summed E-state index contributed by atoms with van der Waals surface area (Å²) in [6.45, 7) is 17.6. The van der Waals surface area contributed by atoms with Crippen LogP contribution in [0.1, 0.15) is 81.8 Å². The Hall–Kier alpha value is -10.2. The number of alkyl halides is 3. The van der Waals surface area contributed by atoms with Gasteiger partial charge >= 0.3 is 29.8 Å². The lowest BCUT2D eigenvalue weighted by Crippen LogP contribution is -2.06.